The van der Waals surface area contributed by atoms with E-state index in [1.807, 2.05) is 14.0 Å². The van der Waals surface area contributed by atoms with E-state index in [0.717, 1.165) is 15.9 Å². The van der Waals surface area contributed by atoms with Crippen LogP contribution in [0.4, 0.5) is 0 Å². The molecular weight excluding hydrogens is 284 g/mol. The minimum Gasteiger partial charge on any atom is -0.292 e. The number of ketones is 1. The molecule has 0 amide bonds. The molecule has 0 radical (unpaired) electrons. The fraction of sp³-hybridized carbons (Fsp3) is 0.273. The molecule has 0 aliphatic heterocycles. The van der Waals surface area contributed by atoms with Crippen LogP contribution in [0.1, 0.15) is 21.9 Å². The van der Waals surface area contributed by atoms with E-state index in [2.05, 4.69) is 31.0 Å². The van der Waals surface area contributed by atoms with Crippen LogP contribution in [0.5, 0.6) is 0 Å². The molecule has 2 aromatic rings. The lowest BCUT2D eigenvalue weighted by Gasteiger charge is -2.01. The first kappa shape index (κ1) is 11.9. The van der Waals surface area contributed by atoms with E-state index >= 15 is 0 Å². The van der Waals surface area contributed by atoms with Crippen LogP contribution in [0.3, 0.4) is 0 Å². The van der Waals surface area contributed by atoms with Crippen LogP contribution in [0.2, 0.25) is 0 Å². The lowest BCUT2D eigenvalue weighted by atomic mass is 10.1. The molecule has 0 bridgehead atoms. The highest BCUT2D eigenvalue weighted by molar-refractivity contribution is 9.10. The van der Waals surface area contributed by atoms with E-state index in [9.17, 15) is 4.79 Å². The molecule has 17 heavy (non-hydrogen) atoms. The molecule has 2 heterocycles. The first-order chi connectivity index (χ1) is 8.09. The monoisotopic (exact) mass is 294 g/mol. The first-order valence-corrected chi connectivity index (χ1v) is 5.86. The summed E-state index contributed by atoms with van der Waals surface area (Å²) in [5.74, 6) is -0.0453. The lowest BCUT2D eigenvalue weighted by Crippen LogP contribution is -2.10. The summed E-state index contributed by atoms with van der Waals surface area (Å²) in [6, 6.07) is 1.61. The Morgan fingerprint density at radius 1 is 1.53 bits per heavy atom. The van der Waals surface area contributed by atoms with Gasteiger partial charge in [0, 0.05) is 13.2 Å². The van der Waals surface area contributed by atoms with Crippen molar-refractivity contribution < 1.29 is 4.79 Å². The van der Waals surface area contributed by atoms with Crippen LogP contribution < -0.4 is 0 Å². The van der Waals surface area contributed by atoms with E-state index < -0.39 is 0 Å². The van der Waals surface area contributed by atoms with E-state index in [1.54, 1.807) is 16.9 Å². The van der Waals surface area contributed by atoms with Crippen molar-refractivity contribution in [3.63, 3.8) is 0 Å². The third-order valence-electron chi connectivity index (χ3n) is 2.46. The quantitative estimate of drug-likeness (QED) is 0.809. The Hall–Kier alpha value is -1.56. The zero-order valence-electron chi connectivity index (χ0n) is 9.51. The van der Waals surface area contributed by atoms with Crippen LogP contribution in [0.15, 0.2) is 23.1 Å². The number of halogens is 1. The van der Waals surface area contributed by atoms with E-state index in [4.69, 9.17) is 0 Å². The fourth-order valence-electron chi connectivity index (χ4n) is 1.57. The molecule has 0 aliphatic carbocycles. The van der Waals surface area contributed by atoms with E-state index in [1.165, 1.54) is 6.33 Å². The number of carbonyl (C=O) groups is 1. The van der Waals surface area contributed by atoms with Crippen molar-refractivity contribution in [2.75, 3.05) is 0 Å². The van der Waals surface area contributed by atoms with Crippen molar-refractivity contribution >= 4 is 21.7 Å². The zero-order valence-corrected chi connectivity index (χ0v) is 11.1. The van der Waals surface area contributed by atoms with Crippen molar-refractivity contribution in [2.24, 2.45) is 7.05 Å². The van der Waals surface area contributed by atoms with E-state index in [0.29, 0.717) is 5.69 Å². The predicted molar refractivity (Wildman–Crippen MR) is 65.7 cm³/mol. The van der Waals surface area contributed by atoms with Gasteiger partial charge in [0.2, 0.25) is 0 Å². The Labute approximate surface area is 107 Å². The maximum Gasteiger partial charge on any atom is 0.187 e. The van der Waals surface area contributed by atoms with Gasteiger partial charge >= 0.3 is 0 Å². The SMILES string of the molecule is Cc1nn(C)c(CC(=O)c2ccncn2)c1Br. The van der Waals surface area contributed by atoms with Crippen LogP contribution >= 0.6 is 15.9 Å². The molecule has 0 atom stereocenters. The zero-order chi connectivity index (χ0) is 12.4. The Morgan fingerprint density at radius 3 is 2.82 bits per heavy atom. The van der Waals surface area contributed by atoms with Crippen molar-refractivity contribution in [3.8, 4) is 0 Å². The van der Waals surface area contributed by atoms with Crippen molar-refractivity contribution in [3.05, 3.63) is 40.1 Å². The molecule has 0 saturated heterocycles. The molecular formula is C11H11BrN4O. The summed E-state index contributed by atoms with van der Waals surface area (Å²) < 4.78 is 2.58. The largest absolute Gasteiger partial charge is 0.292 e. The minimum absolute atomic E-state index is 0.0453. The van der Waals surface area contributed by atoms with Gasteiger partial charge in [0.1, 0.15) is 12.0 Å². The molecule has 2 rings (SSSR count). The number of hydrogen-bond donors (Lipinski definition) is 0. The summed E-state index contributed by atoms with van der Waals surface area (Å²) in [5.41, 5.74) is 2.15. The topological polar surface area (TPSA) is 60.7 Å². The molecule has 2 aromatic heterocycles. The number of nitrogens with zero attached hydrogens (tertiary/aromatic N) is 4. The normalized spacial score (nSPS) is 10.5. The van der Waals surface area contributed by atoms with Gasteiger partial charge in [-0.15, -0.1) is 0 Å². The molecule has 0 N–H and O–H groups in total. The maximum atomic E-state index is 12.0. The second-order valence-corrected chi connectivity index (χ2v) is 4.46. The summed E-state index contributed by atoms with van der Waals surface area (Å²) in [5, 5.41) is 4.24. The summed E-state index contributed by atoms with van der Waals surface area (Å²) >= 11 is 3.43. The van der Waals surface area contributed by atoms with Crippen LogP contribution in [0, 0.1) is 6.92 Å². The van der Waals surface area contributed by atoms with Crippen molar-refractivity contribution in [1.82, 2.24) is 19.7 Å². The van der Waals surface area contributed by atoms with Crippen molar-refractivity contribution in [2.45, 2.75) is 13.3 Å². The highest BCUT2D eigenvalue weighted by Crippen LogP contribution is 2.21. The van der Waals surface area contributed by atoms with Crippen LogP contribution in [0.25, 0.3) is 0 Å². The predicted octanol–water partition coefficient (Wildman–Crippen LogP) is 1.71. The molecule has 88 valence electrons. The third kappa shape index (κ3) is 2.41. The molecule has 0 aliphatic rings. The summed E-state index contributed by atoms with van der Waals surface area (Å²) in [4.78, 5) is 19.7. The number of aryl methyl sites for hydroxylation is 2. The molecule has 5 nitrogen and oxygen atoms in total. The van der Waals surface area contributed by atoms with Gasteiger partial charge in [0.15, 0.2) is 5.78 Å². The first-order valence-electron chi connectivity index (χ1n) is 5.06. The second-order valence-electron chi connectivity index (χ2n) is 3.66. The Bertz CT molecular complexity index is 550. The standard InChI is InChI=1S/C11H11BrN4O/c1-7-11(12)9(16(2)15-7)5-10(17)8-3-4-13-6-14-8/h3-4,6H,5H2,1-2H3. The van der Waals surface area contributed by atoms with Gasteiger partial charge in [-0.25, -0.2) is 9.97 Å². The van der Waals surface area contributed by atoms with Gasteiger partial charge in [-0.05, 0) is 28.9 Å². The Kier molecular flexibility index (Phi) is 3.33. The number of hydrogen-bond acceptors (Lipinski definition) is 4. The van der Waals surface area contributed by atoms with Gasteiger partial charge in [0.25, 0.3) is 0 Å². The van der Waals surface area contributed by atoms with Gasteiger partial charge < -0.3 is 0 Å². The third-order valence-corrected chi connectivity index (χ3v) is 3.49. The van der Waals surface area contributed by atoms with Gasteiger partial charge in [0.05, 0.1) is 22.3 Å². The summed E-state index contributed by atoms with van der Waals surface area (Å²) in [6.07, 6.45) is 3.20. The number of rotatable bonds is 3. The molecule has 0 unspecified atom stereocenters. The Balaban J connectivity index is 2.25. The summed E-state index contributed by atoms with van der Waals surface area (Å²) in [6.45, 7) is 1.89. The Morgan fingerprint density at radius 2 is 2.29 bits per heavy atom. The average molecular weight is 295 g/mol. The van der Waals surface area contributed by atoms with Crippen LogP contribution in [-0.4, -0.2) is 25.5 Å². The maximum absolute atomic E-state index is 12.0. The highest BCUT2D eigenvalue weighted by Gasteiger charge is 2.16. The molecule has 0 saturated carbocycles. The smallest absolute Gasteiger partial charge is 0.187 e. The summed E-state index contributed by atoms with van der Waals surface area (Å²) in [7, 11) is 1.82. The highest BCUT2D eigenvalue weighted by atomic mass is 79.9. The molecule has 0 fully saturated rings. The number of aromatic nitrogens is 4. The second kappa shape index (κ2) is 4.75. The number of Topliss-reactive ketones (excluding diaryl/α,β-unsaturated/α-hetero) is 1. The van der Waals surface area contributed by atoms with E-state index in [-0.39, 0.29) is 12.2 Å². The van der Waals surface area contributed by atoms with Gasteiger partial charge in [-0.2, -0.15) is 5.10 Å². The number of carbonyl (C=O) groups excluding carboxylic acids is 1. The van der Waals surface area contributed by atoms with Crippen LogP contribution in [-0.2, 0) is 13.5 Å². The molecule has 6 heteroatoms. The van der Waals surface area contributed by atoms with Gasteiger partial charge in [-0.1, -0.05) is 0 Å². The molecule has 0 aromatic carbocycles. The lowest BCUT2D eigenvalue weighted by molar-refractivity contribution is 0.0985. The average Bonchev–Trinajstić information content (AvgIpc) is 2.57. The van der Waals surface area contributed by atoms with Gasteiger partial charge in [-0.3, -0.25) is 9.48 Å². The molecule has 0 spiro atoms. The van der Waals surface area contributed by atoms with Crippen molar-refractivity contribution in [1.29, 1.82) is 0 Å². The minimum atomic E-state index is -0.0453. The fourth-order valence-corrected chi connectivity index (χ4v) is 2.05.